The number of ether oxygens (including phenoxy) is 2. The van der Waals surface area contributed by atoms with Gasteiger partial charge in [0.25, 0.3) is 0 Å². The van der Waals surface area contributed by atoms with Crippen LogP contribution in [0.3, 0.4) is 0 Å². The highest BCUT2D eigenvalue weighted by Crippen LogP contribution is 2.29. The molecule has 0 aliphatic rings. The van der Waals surface area contributed by atoms with E-state index in [0.717, 1.165) is 16.8 Å². The molecule has 4 nitrogen and oxygen atoms in total. The second-order valence-electron chi connectivity index (χ2n) is 5.77. The van der Waals surface area contributed by atoms with Gasteiger partial charge in [-0.25, -0.2) is 0 Å². The lowest BCUT2D eigenvalue weighted by Crippen LogP contribution is -2.08. The molecule has 2 aromatic carbocycles. The second kappa shape index (κ2) is 8.20. The monoisotopic (exact) mass is 325 g/mol. The molecule has 2 rings (SSSR count). The number of carbonyl (C=O) groups excluding carboxylic acids is 1. The van der Waals surface area contributed by atoms with Crippen LogP contribution in [0.15, 0.2) is 48.5 Å². The van der Waals surface area contributed by atoms with Crippen LogP contribution in [0.1, 0.15) is 25.0 Å². The molecule has 0 aliphatic heterocycles. The van der Waals surface area contributed by atoms with Gasteiger partial charge < -0.3 is 14.8 Å². The molecule has 0 spiro atoms. The van der Waals surface area contributed by atoms with Crippen LogP contribution in [0.5, 0.6) is 11.5 Å². The third kappa shape index (κ3) is 5.16. The Morgan fingerprint density at radius 3 is 2.58 bits per heavy atom. The van der Waals surface area contributed by atoms with E-state index in [0.29, 0.717) is 11.5 Å². The van der Waals surface area contributed by atoms with E-state index < -0.39 is 0 Å². The van der Waals surface area contributed by atoms with Crippen LogP contribution in [0, 0.1) is 6.92 Å². The summed E-state index contributed by atoms with van der Waals surface area (Å²) in [5.74, 6) is 1.15. The van der Waals surface area contributed by atoms with Gasteiger partial charge in [-0.2, -0.15) is 0 Å². The van der Waals surface area contributed by atoms with Crippen molar-refractivity contribution in [2.75, 3.05) is 12.4 Å². The number of benzene rings is 2. The van der Waals surface area contributed by atoms with Gasteiger partial charge in [-0.15, -0.1) is 0 Å². The molecule has 0 heterocycles. The molecule has 1 N–H and O–H groups in total. The summed E-state index contributed by atoms with van der Waals surface area (Å²) in [6, 6.07) is 13.2. The van der Waals surface area contributed by atoms with E-state index in [-0.39, 0.29) is 12.0 Å². The predicted octanol–water partition coefficient (Wildman–Crippen LogP) is 4.44. The van der Waals surface area contributed by atoms with E-state index in [1.165, 1.54) is 6.08 Å². The zero-order valence-corrected chi connectivity index (χ0v) is 14.5. The van der Waals surface area contributed by atoms with Crippen molar-refractivity contribution in [3.8, 4) is 11.5 Å². The quantitative estimate of drug-likeness (QED) is 0.799. The maximum Gasteiger partial charge on any atom is 0.248 e. The van der Waals surface area contributed by atoms with Crippen molar-refractivity contribution in [1.82, 2.24) is 0 Å². The molecule has 0 radical (unpaired) electrons. The number of methoxy groups -OCH3 is 1. The predicted molar refractivity (Wildman–Crippen MR) is 97.6 cm³/mol. The third-order valence-electron chi connectivity index (χ3n) is 3.26. The summed E-state index contributed by atoms with van der Waals surface area (Å²) >= 11 is 0. The van der Waals surface area contributed by atoms with E-state index in [9.17, 15) is 4.79 Å². The fourth-order valence-electron chi connectivity index (χ4n) is 2.22. The van der Waals surface area contributed by atoms with Gasteiger partial charge in [0.1, 0.15) is 0 Å². The maximum absolute atomic E-state index is 12.0. The van der Waals surface area contributed by atoms with E-state index in [1.54, 1.807) is 13.2 Å². The standard InChI is InChI=1S/C20H23NO3/c1-14(2)24-18-10-8-16(13-19(18)23-4)9-11-20(22)21-17-7-5-6-15(3)12-17/h5-14H,1-4H3,(H,21,22). The lowest BCUT2D eigenvalue weighted by molar-refractivity contribution is -0.111. The Labute approximate surface area is 143 Å². The van der Waals surface area contributed by atoms with Crippen LogP contribution in [0.4, 0.5) is 5.69 Å². The van der Waals surface area contributed by atoms with Crippen LogP contribution in [-0.4, -0.2) is 19.1 Å². The number of aryl methyl sites for hydroxylation is 1. The number of carbonyl (C=O) groups is 1. The molecule has 0 saturated carbocycles. The van der Waals surface area contributed by atoms with E-state index in [1.807, 2.05) is 63.2 Å². The Morgan fingerprint density at radius 1 is 1.12 bits per heavy atom. The molecular weight excluding hydrogens is 302 g/mol. The second-order valence-corrected chi connectivity index (χ2v) is 5.77. The molecule has 2 aromatic rings. The van der Waals surface area contributed by atoms with Crippen molar-refractivity contribution in [2.45, 2.75) is 26.9 Å². The number of hydrogen-bond donors (Lipinski definition) is 1. The molecule has 0 bridgehead atoms. The average molecular weight is 325 g/mol. The van der Waals surface area contributed by atoms with Crippen LogP contribution >= 0.6 is 0 Å². The first-order valence-corrected chi connectivity index (χ1v) is 7.88. The lowest BCUT2D eigenvalue weighted by Gasteiger charge is -2.13. The van der Waals surface area contributed by atoms with Crippen LogP contribution in [-0.2, 0) is 4.79 Å². The van der Waals surface area contributed by atoms with Crippen LogP contribution in [0.25, 0.3) is 6.08 Å². The number of rotatable bonds is 6. The highest BCUT2D eigenvalue weighted by atomic mass is 16.5. The van der Waals surface area contributed by atoms with Gasteiger partial charge >= 0.3 is 0 Å². The van der Waals surface area contributed by atoms with Crippen LogP contribution < -0.4 is 14.8 Å². The molecule has 0 saturated heterocycles. The zero-order valence-electron chi connectivity index (χ0n) is 14.5. The summed E-state index contributed by atoms with van der Waals surface area (Å²) < 4.78 is 11.0. The van der Waals surface area contributed by atoms with Crippen LogP contribution in [0.2, 0.25) is 0 Å². The molecule has 0 unspecified atom stereocenters. The van der Waals surface area contributed by atoms with E-state index >= 15 is 0 Å². The largest absolute Gasteiger partial charge is 0.493 e. The minimum atomic E-state index is -0.179. The van der Waals surface area contributed by atoms with E-state index in [2.05, 4.69) is 5.32 Å². The molecule has 0 aliphatic carbocycles. The number of nitrogens with one attached hydrogen (secondary N) is 1. The minimum absolute atomic E-state index is 0.0698. The summed E-state index contributed by atoms with van der Waals surface area (Å²) in [4.78, 5) is 12.0. The first-order chi connectivity index (χ1) is 11.5. The minimum Gasteiger partial charge on any atom is -0.493 e. The SMILES string of the molecule is COc1cc(C=CC(=O)Nc2cccc(C)c2)ccc1OC(C)C. The lowest BCUT2D eigenvalue weighted by atomic mass is 10.2. The Bertz CT molecular complexity index is 735. The van der Waals surface area contributed by atoms with Gasteiger partial charge in [-0.3, -0.25) is 4.79 Å². The molecule has 0 atom stereocenters. The molecule has 1 amide bonds. The summed E-state index contributed by atoms with van der Waals surface area (Å²) in [6.07, 6.45) is 3.31. The van der Waals surface area contributed by atoms with E-state index in [4.69, 9.17) is 9.47 Å². The number of hydrogen-bond acceptors (Lipinski definition) is 3. The van der Waals surface area contributed by atoms with Gasteiger partial charge in [0.15, 0.2) is 11.5 Å². The Kier molecular flexibility index (Phi) is 6.01. The van der Waals surface area contributed by atoms with Crippen molar-refractivity contribution < 1.29 is 14.3 Å². The first kappa shape index (κ1) is 17.6. The Hall–Kier alpha value is -2.75. The van der Waals surface area contributed by atoms with Crippen molar-refractivity contribution >= 4 is 17.7 Å². The third-order valence-corrected chi connectivity index (χ3v) is 3.26. The molecular formula is C20H23NO3. The molecule has 24 heavy (non-hydrogen) atoms. The molecule has 126 valence electrons. The highest BCUT2D eigenvalue weighted by Gasteiger charge is 2.06. The maximum atomic E-state index is 12.0. The van der Waals surface area contributed by atoms with Crippen molar-refractivity contribution in [3.63, 3.8) is 0 Å². The topological polar surface area (TPSA) is 47.6 Å². The summed E-state index contributed by atoms with van der Waals surface area (Å²) in [5.41, 5.74) is 2.74. The number of amides is 1. The van der Waals surface area contributed by atoms with Gasteiger partial charge in [0, 0.05) is 11.8 Å². The molecule has 0 aromatic heterocycles. The first-order valence-electron chi connectivity index (χ1n) is 7.88. The molecule has 4 heteroatoms. The van der Waals surface area contributed by atoms with Gasteiger partial charge in [-0.1, -0.05) is 18.2 Å². The van der Waals surface area contributed by atoms with Gasteiger partial charge in [0.05, 0.1) is 13.2 Å². The fraction of sp³-hybridized carbons (Fsp3) is 0.250. The fourth-order valence-corrected chi connectivity index (χ4v) is 2.22. The molecule has 0 fully saturated rings. The summed E-state index contributed by atoms with van der Waals surface area (Å²) in [7, 11) is 1.60. The summed E-state index contributed by atoms with van der Waals surface area (Å²) in [6.45, 7) is 5.91. The van der Waals surface area contributed by atoms with Crippen molar-refractivity contribution in [1.29, 1.82) is 0 Å². The smallest absolute Gasteiger partial charge is 0.248 e. The van der Waals surface area contributed by atoms with Gasteiger partial charge in [-0.05, 0) is 62.2 Å². The highest BCUT2D eigenvalue weighted by molar-refractivity contribution is 6.02. The Morgan fingerprint density at radius 2 is 1.92 bits per heavy atom. The normalized spacial score (nSPS) is 10.9. The number of anilines is 1. The zero-order chi connectivity index (χ0) is 17.5. The average Bonchev–Trinajstić information content (AvgIpc) is 2.53. The van der Waals surface area contributed by atoms with Crippen molar-refractivity contribution in [2.24, 2.45) is 0 Å². The Balaban J connectivity index is 2.06. The van der Waals surface area contributed by atoms with Crippen molar-refractivity contribution in [3.05, 3.63) is 59.7 Å². The van der Waals surface area contributed by atoms with Gasteiger partial charge in [0.2, 0.25) is 5.91 Å². The summed E-state index contributed by atoms with van der Waals surface area (Å²) in [5, 5.41) is 2.84.